The van der Waals surface area contributed by atoms with Crippen molar-refractivity contribution in [1.82, 2.24) is 19.5 Å². The zero-order valence-corrected chi connectivity index (χ0v) is 12.9. The van der Waals surface area contributed by atoms with Gasteiger partial charge in [0.2, 0.25) is 5.82 Å². The first kappa shape index (κ1) is 15.8. The molecule has 0 amide bonds. The van der Waals surface area contributed by atoms with Crippen molar-refractivity contribution in [2.24, 2.45) is 0 Å². The number of nitrogens with one attached hydrogen (secondary N) is 1. The molecule has 1 saturated carbocycles. The Bertz CT molecular complexity index is 930. The lowest BCUT2D eigenvalue weighted by atomic mass is 10.2. The Labute approximate surface area is 139 Å². The van der Waals surface area contributed by atoms with Crippen LogP contribution in [0.25, 0.3) is 11.2 Å². The van der Waals surface area contributed by atoms with E-state index in [0.29, 0.717) is 5.56 Å². The largest absolute Gasteiger partial charge is 0.451 e. The van der Waals surface area contributed by atoms with E-state index in [-0.39, 0.29) is 29.6 Å². The summed E-state index contributed by atoms with van der Waals surface area (Å²) in [6, 6.07) is 5.97. The third-order valence-electron chi connectivity index (χ3n) is 3.88. The summed E-state index contributed by atoms with van der Waals surface area (Å²) >= 11 is 0. The first-order valence-electron chi connectivity index (χ1n) is 7.71. The summed E-state index contributed by atoms with van der Waals surface area (Å²) in [6.45, 7) is 0.158. The molecule has 0 atom stereocenters. The van der Waals surface area contributed by atoms with Crippen molar-refractivity contribution in [2.75, 3.05) is 5.32 Å². The molecule has 130 valence electrons. The third-order valence-corrected chi connectivity index (χ3v) is 3.88. The van der Waals surface area contributed by atoms with Gasteiger partial charge < -0.3 is 9.88 Å². The number of fused-ring (bicyclic) bond motifs is 1. The smallest absolute Gasteiger partial charge is 0.365 e. The van der Waals surface area contributed by atoms with Gasteiger partial charge in [-0.25, -0.2) is 19.3 Å². The van der Waals surface area contributed by atoms with Crippen molar-refractivity contribution in [1.29, 1.82) is 0 Å². The molecule has 3 aromatic rings. The Morgan fingerprint density at radius 2 is 2.00 bits per heavy atom. The van der Waals surface area contributed by atoms with E-state index in [1.807, 2.05) is 0 Å². The summed E-state index contributed by atoms with van der Waals surface area (Å²) in [6.07, 6.45) is -1.50. The van der Waals surface area contributed by atoms with Gasteiger partial charge in [-0.2, -0.15) is 13.2 Å². The monoisotopic (exact) mass is 351 g/mol. The van der Waals surface area contributed by atoms with E-state index in [4.69, 9.17) is 0 Å². The summed E-state index contributed by atoms with van der Waals surface area (Å²) in [5.74, 6) is -1.55. The molecule has 0 spiro atoms. The lowest BCUT2D eigenvalue weighted by Gasteiger charge is -2.10. The first-order valence-corrected chi connectivity index (χ1v) is 7.71. The summed E-state index contributed by atoms with van der Waals surface area (Å²) in [7, 11) is 0. The Kier molecular flexibility index (Phi) is 3.59. The topological polar surface area (TPSA) is 55.6 Å². The van der Waals surface area contributed by atoms with Crippen LogP contribution in [0.5, 0.6) is 0 Å². The Morgan fingerprint density at radius 1 is 1.20 bits per heavy atom. The van der Waals surface area contributed by atoms with E-state index in [0.717, 1.165) is 12.8 Å². The minimum Gasteiger partial charge on any atom is -0.365 e. The van der Waals surface area contributed by atoms with Crippen LogP contribution in [-0.2, 0) is 12.7 Å². The third kappa shape index (κ3) is 3.26. The summed E-state index contributed by atoms with van der Waals surface area (Å²) in [5.41, 5.74) is 0.939. The van der Waals surface area contributed by atoms with E-state index in [2.05, 4.69) is 20.3 Å². The second-order valence-corrected chi connectivity index (χ2v) is 5.99. The lowest BCUT2D eigenvalue weighted by Crippen LogP contribution is -2.15. The van der Waals surface area contributed by atoms with Gasteiger partial charge in [-0.15, -0.1) is 0 Å². The van der Waals surface area contributed by atoms with Gasteiger partial charge >= 0.3 is 6.18 Å². The molecule has 5 nitrogen and oxygen atoms in total. The Hall–Kier alpha value is -2.71. The van der Waals surface area contributed by atoms with Gasteiger partial charge in [-0.1, -0.05) is 12.1 Å². The maximum absolute atomic E-state index is 13.3. The molecule has 9 heteroatoms. The Balaban J connectivity index is 1.79. The van der Waals surface area contributed by atoms with Gasteiger partial charge in [0.1, 0.15) is 11.3 Å². The molecule has 25 heavy (non-hydrogen) atoms. The molecule has 0 radical (unpaired) electrons. The van der Waals surface area contributed by atoms with Crippen molar-refractivity contribution in [2.45, 2.75) is 31.6 Å². The van der Waals surface area contributed by atoms with Crippen molar-refractivity contribution < 1.29 is 17.6 Å². The van der Waals surface area contributed by atoms with Gasteiger partial charge in [0.05, 0.1) is 12.9 Å². The normalized spacial score (nSPS) is 14.9. The maximum Gasteiger partial charge on any atom is 0.451 e. The van der Waals surface area contributed by atoms with E-state index in [9.17, 15) is 17.6 Å². The predicted octanol–water partition coefficient (Wildman–Crippen LogP) is 3.61. The van der Waals surface area contributed by atoms with Crippen LogP contribution in [0, 0.1) is 5.82 Å². The number of benzene rings is 1. The van der Waals surface area contributed by atoms with Crippen LogP contribution in [0.3, 0.4) is 0 Å². The van der Waals surface area contributed by atoms with Crippen molar-refractivity contribution in [3.8, 4) is 0 Å². The molecular weight excluding hydrogens is 338 g/mol. The minimum absolute atomic E-state index is 0.0646. The number of anilines is 1. The first-order chi connectivity index (χ1) is 11.9. The van der Waals surface area contributed by atoms with Crippen molar-refractivity contribution in [3.63, 3.8) is 0 Å². The lowest BCUT2D eigenvalue weighted by molar-refractivity contribution is -0.144. The Morgan fingerprint density at radius 3 is 2.68 bits per heavy atom. The SMILES string of the molecule is Fc1cccc(Cn2cnc3c(NC4CC4)nc(C(F)(F)F)nc32)c1. The molecule has 0 bridgehead atoms. The average Bonchev–Trinajstić information content (AvgIpc) is 3.26. The minimum atomic E-state index is -4.66. The molecule has 0 aliphatic heterocycles. The molecule has 1 aliphatic carbocycles. The highest BCUT2D eigenvalue weighted by molar-refractivity contribution is 5.83. The van der Waals surface area contributed by atoms with Crippen LogP contribution in [0.1, 0.15) is 24.2 Å². The average molecular weight is 351 g/mol. The van der Waals surface area contributed by atoms with Gasteiger partial charge in [-0.3, -0.25) is 0 Å². The van der Waals surface area contributed by atoms with Crippen LogP contribution in [-0.4, -0.2) is 25.6 Å². The van der Waals surface area contributed by atoms with Crippen molar-refractivity contribution in [3.05, 3.63) is 47.8 Å². The van der Waals surface area contributed by atoms with Crippen molar-refractivity contribution >= 4 is 17.0 Å². The standard InChI is InChI=1S/C16H13F4N5/c17-10-3-1-2-9(6-10)7-25-8-21-12-13(22-11-4-5-11)23-15(16(18,19)20)24-14(12)25/h1-3,6,8,11H,4-5,7H2,(H,22,23,24). The highest BCUT2D eigenvalue weighted by atomic mass is 19.4. The van der Waals surface area contributed by atoms with Gasteiger partial charge in [0, 0.05) is 6.04 Å². The second kappa shape index (κ2) is 5.68. The van der Waals surface area contributed by atoms with Gasteiger partial charge in [-0.05, 0) is 30.5 Å². The molecule has 0 unspecified atom stereocenters. The zero-order valence-electron chi connectivity index (χ0n) is 12.9. The molecule has 1 aliphatic rings. The number of halogens is 4. The zero-order chi connectivity index (χ0) is 17.6. The number of alkyl halides is 3. The quantitative estimate of drug-likeness (QED) is 0.730. The summed E-state index contributed by atoms with van der Waals surface area (Å²) < 4.78 is 54.2. The highest BCUT2D eigenvalue weighted by Crippen LogP contribution is 2.32. The van der Waals surface area contributed by atoms with Crippen LogP contribution in [0.15, 0.2) is 30.6 Å². The molecule has 0 saturated heterocycles. The number of nitrogens with zero attached hydrogens (tertiary/aromatic N) is 4. The molecule has 4 rings (SSSR count). The fourth-order valence-electron chi connectivity index (χ4n) is 2.54. The fourth-order valence-corrected chi connectivity index (χ4v) is 2.54. The molecule has 1 aromatic carbocycles. The summed E-state index contributed by atoms with van der Waals surface area (Å²) in [5, 5.41) is 2.97. The molecule has 2 heterocycles. The van der Waals surface area contributed by atoms with Gasteiger partial charge in [0.25, 0.3) is 0 Å². The molecular formula is C16H13F4N5. The van der Waals surface area contributed by atoms with Crippen LogP contribution in [0.2, 0.25) is 0 Å². The number of aromatic nitrogens is 4. The number of rotatable bonds is 4. The number of hydrogen-bond acceptors (Lipinski definition) is 4. The maximum atomic E-state index is 13.3. The fraction of sp³-hybridized carbons (Fsp3) is 0.312. The van der Waals surface area contributed by atoms with E-state index >= 15 is 0 Å². The van der Waals surface area contributed by atoms with E-state index < -0.39 is 17.8 Å². The number of imidazole rings is 1. The van der Waals surface area contributed by atoms with Gasteiger partial charge in [0.15, 0.2) is 11.5 Å². The predicted molar refractivity (Wildman–Crippen MR) is 82.5 cm³/mol. The second-order valence-electron chi connectivity index (χ2n) is 5.99. The molecule has 1 N–H and O–H groups in total. The highest BCUT2D eigenvalue weighted by Gasteiger charge is 2.37. The molecule has 1 fully saturated rings. The van der Waals surface area contributed by atoms with Crippen LogP contribution in [0.4, 0.5) is 23.4 Å². The van der Waals surface area contributed by atoms with Crippen LogP contribution >= 0.6 is 0 Å². The molecule has 2 aromatic heterocycles. The van der Waals surface area contributed by atoms with Crippen LogP contribution < -0.4 is 5.32 Å². The number of hydrogen-bond donors (Lipinski definition) is 1. The van der Waals surface area contributed by atoms with E-state index in [1.165, 1.54) is 23.0 Å². The summed E-state index contributed by atoms with van der Waals surface area (Å²) in [4.78, 5) is 11.4. The van der Waals surface area contributed by atoms with E-state index in [1.54, 1.807) is 12.1 Å².